The lowest BCUT2D eigenvalue weighted by Gasteiger charge is -2.44. The number of imidazole rings is 1. The van der Waals surface area contributed by atoms with Gasteiger partial charge in [0.05, 0.1) is 30.2 Å². The number of carboxylic acids is 2. The highest BCUT2D eigenvalue weighted by Crippen LogP contribution is 2.37. The first-order valence-electron chi connectivity index (χ1n) is 11.9. The summed E-state index contributed by atoms with van der Waals surface area (Å²) in [7, 11) is 0. The largest absolute Gasteiger partial charge is 0.490 e. The number of benzene rings is 1. The zero-order valence-electron chi connectivity index (χ0n) is 20.9. The first kappa shape index (κ1) is 30.7. The zero-order valence-corrected chi connectivity index (χ0v) is 20.9. The van der Waals surface area contributed by atoms with Crippen LogP contribution in [0, 0.1) is 0 Å². The Morgan fingerprint density at radius 3 is 2.00 bits per heavy atom. The van der Waals surface area contributed by atoms with Crippen molar-refractivity contribution in [3.8, 4) is 11.3 Å². The molecular formula is C25H26F6N4O5. The van der Waals surface area contributed by atoms with Crippen LogP contribution < -0.4 is 5.32 Å². The number of piperidine rings is 1. The van der Waals surface area contributed by atoms with Gasteiger partial charge in [-0.05, 0) is 30.5 Å². The number of furan rings is 1. The minimum absolute atomic E-state index is 0.00491. The van der Waals surface area contributed by atoms with E-state index < -0.39 is 24.3 Å². The highest BCUT2D eigenvalue weighted by atomic mass is 19.4. The summed E-state index contributed by atoms with van der Waals surface area (Å²) in [6.45, 7) is 4.99. The molecule has 1 aromatic carbocycles. The first-order chi connectivity index (χ1) is 18.7. The van der Waals surface area contributed by atoms with Crippen molar-refractivity contribution in [2.75, 3.05) is 19.6 Å². The number of rotatable bonds is 3. The Morgan fingerprint density at radius 1 is 0.925 bits per heavy atom. The second-order valence-electron chi connectivity index (χ2n) is 8.95. The number of aliphatic carboxylic acids is 2. The second-order valence-corrected chi connectivity index (χ2v) is 8.95. The average molecular weight is 576 g/mol. The maximum Gasteiger partial charge on any atom is 0.490 e. The Balaban J connectivity index is 0.000000263. The van der Waals surface area contributed by atoms with Crippen LogP contribution in [0.2, 0.25) is 0 Å². The van der Waals surface area contributed by atoms with Crippen LogP contribution in [0.25, 0.3) is 11.3 Å². The van der Waals surface area contributed by atoms with E-state index >= 15 is 0 Å². The molecule has 0 amide bonds. The Hall–Kier alpha value is -3.85. The Kier molecular flexibility index (Phi) is 9.63. The van der Waals surface area contributed by atoms with Gasteiger partial charge in [-0.3, -0.25) is 4.90 Å². The lowest BCUT2D eigenvalue weighted by molar-refractivity contribution is -0.193. The van der Waals surface area contributed by atoms with Gasteiger partial charge in [-0.25, -0.2) is 14.6 Å². The van der Waals surface area contributed by atoms with Gasteiger partial charge in [0.2, 0.25) is 0 Å². The number of hydrogen-bond acceptors (Lipinski definition) is 6. The highest BCUT2D eigenvalue weighted by molar-refractivity contribution is 5.73. The predicted molar refractivity (Wildman–Crippen MR) is 128 cm³/mol. The maximum atomic E-state index is 10.6. The van der Waals surface area contributed by atoms with Gasteiger partial charge in [0.15, 0.2) is 0 Å². The first-order valence-corrected chi connectivity index (χ1v) is 11.9. The van der Waals surface area contributed by atoms with Crippen molar-refractivity contribution in [3.63, 3.8) is 0 Å². The molecule has 0 bridgehead atoms. The van der Waals surface area contributed by atoms with Crippen LogP contribution >= 0.6 is 0 Å². The molecule has 2 aliphatic heterocycles. The van der Waals surface area contributed by atoms with Crippen molar-refractivity contribution in [2.45, 2.75) is 43.8 Å². The van der Waals surface area contributed by atoms with Crippen LogP contribution in [0.5, 0.6) is 0 Å². The SMILES string of the molecule is O=C(O)C(F)(F)F.O=C(O)C(F)(F)F.c1ccc(-c2cnc3n2CCNC32CCN(Cc3ccco3)CC2)cc1. The molecular weight excluding hydrogens is 550 g/mol. The summed E-state index contributed by atoms with van der Waals surface area (Å²) >= 11 is 0. The third-order valence-electron chi connectivity index (χ3n) is 6.31. The fourth-order valence-corrected chi connectivity index (χ4v) is 4.43. The molecule has 2 aromatic heterocycles. The van der Waals surface area contributed by atoms with E-state index in [1.54, 1.807) is 6.26 Å². The number of nitrogens with zero attached hydrogens (tertiary/aromatic N) is 3. The Labute approximate surface area is 224 Å². The summed E-state index contributed by atoms with van der Waals surface area (Å²) < 4.78 is 71.4. The van der Waals surface area contributed by atoms with Crippen LogP contribution in [0.4, 0.5) is 26.3 Å². The molecule has 1 fully saturated rings. The lowest BCUT2D eigenvalue weighted by Crippen LogP contribution is -2.55. The number of likely N-dealkylation sites (tertiary alicyclic amines) is 1. The van der Waals surface area contributed by atoms with E-state index in [1.165, 1.54) is 17.1 Å². The molecule has 218 valence electrons. The minimum atomic E-state index is -5.08. The van der Waals surface area contributed by atoms with Crippen molar-refractivity contribution in [1.29, 1.82) is 0 Å². The van der Waals surface area contributed by atoms with E-state index in [2.05, 4.69) is 57.4 Å². The second kappa shape index (κ2) is 12.6. The summed E-state index contributed by atoms with van der Waals surface area (Å²) in [5.41, 5.74) is 2.49. The Bertz CT molecular complexity index is 1230. The van der Waals surface area contributed by atoms with Crippen LogP contribution in [-0.4, -0.2) is 68.6 Å². The number of carbonyl (C=O) groups is 2. The van der Waals surface area contributed by atoms with Crippen LogP contribution in [0.1, 0.15) is 24.4 Å². The quantitative estimate of drug-likeness (QED) is 0.390. The Morgan fingerprint density at radius 2 is 1.50 bits per heavy atom. The van der Waals surface area contributed by atoms with Crippen molar-refractivity contribution < 1.29 is 50.6 Å². The molecule has 15 heteroatoms. The van der Waals surface area contributed by atoms with E-state index in [1.807, 2.05) is 6.07 Å². The molecule has 2 aliphatic rings. The summed E-state index contributed by atoms with van der Waals surface area (Å²) in [6, 6.07) is 14.6. The molecule has 1 saturated heterocycles. The predicted octanol–water partition coefficient (Wildman–Crippen LogP) is 4.50. The van der Waals surface area contributed by atoms with Crippen molar-refractivity contribution in [2.24, 2.45) is 0 Å². The lowest BCUT2D eigenvalue weighted by atomic mass is 9.85. The molecule has 4 heterocycles. The highest BCUT2D eigenvalue weighted by Gasteiger charge is 2.42. The van der Waals surface area contributed by atoms with Gasteiger partial charge in [-0.1, -0.05) is 30.3 Å². The zero-order chi connectivity index (χ0) is 29.6. The van der Waals surface area contributed by atoms with E-state index in [-0.39, 0.29) is 5.54 Å². The monoisotopic (exact) mass is 576 g/mol. The number of hydrogen-bond donors (Lipinski definition) is 3. The van der Waals surface area contributed by atoms with E-state index in [0.29, 0.717) is 0 Å². The van der Waals surface area contributed by atoms with Gasteiger partial charge >= 0.3 is 24.3 Å². The molecule has 0 atom stereocenters. The van der Waals surface area contributed by atoms with Crippen LogP contribution in [0.15, 0.2) is 59.3 Å². The molecule has 0 saturated carbocycles. The molecule has 9 nitrogen and oxygen atoms in total. The molecule has 40 heavy (non-hydrogen) atoms. The van der Waals surface area contributed by atoms with Gasteiger partial charge < -0.3 is 24.5 Å². The summed E-state index contributed by atoms with van der Waals surface area (Å²) in [4.78, 5) is 25.1. The average Bonchev–Trinajstić information content (AvgIpc) is 3.57. The molecule has 1 spiro atoms. The van der Waals surface area contributed by atoms with Crippen molar-refractivity contribution in [3.05, 3.63) is 66.5 Å². The van der Waals surface area contributed by atoms with E-state index in [0.717, 1.165) is 51.3 Å². The molecule has 5 rings (SSSR count). The fourth-order valence-electron chi connectivity index (χ4n) is 4.43. The molecule has 0 radical (unpaired) electrons. The van der Waals surface area contributed by atoms with Gasteiger partial charge in [0, 0.05) is 26.2 Å². The normalized spacial score (nSPS) is 16.6. The number of fused-ring (bicyclic) bond motifs is 2. The summed E-state index contributed by atoms with van der Waals surface area (Å²) in [5.74, 6) is -3.26. The third kappa shape index (κ3) is 7.85. The van der Waals surface area contributed by atoms with Gasteiger partial charge in [-0.2, -0.15) is 26.3 Å². The van der Waals surface area contributed by atoms with Crippen molar-refractivity contribution >= 4 is 11.9 Å². The van der Waals surface area contributed by atoms with Gasteiger partial charge in [-0.15, -0.1) is 0 Å². The van der Waals surface area contributed by atoms with Gasteiger partial charge in [0.1, 0.15) is 11.6 Å². The number of nitrogens with one attached hydrogen (secondary N) is 1. The fraction of sp³-hybridized carbons (Fsp3) is 0.400. The van der Waals surface area contributed by atoms with Crippen molar-refractivity contribution in [1.82, 2.24) is 19.8 Å². The maximum absolute atomic E-state index is 10.6. The standard InChI is InChI=1S/C21H24N4O.2C2HF3O2/c1-2-5-17(6-3-1)19-15-22-20-21(23-10-13-25(19)20)8-11-24(12-9-21)16-18-7-4-14-26-18;2*3-2(4,5)1(6)7/h1-7,14-15,23H,8-13,16H2;2*(H,6,7). The van der Waals surface area contributed by atoms with E-state index in [9.17, 15) is 26.3 Å². The number of aromatic nitrogens is 2. The molecule has 0 unspecified atom stereocenters. The van der Waals surface area contributed by atoms with Crippen LogP contribution in [0.3, 0.4) is 0 Å². The van der Waals surface area contributed by atoms with Gasteiger partial charge in [0.25, 0.3) is 0 Å². The van der Waals surface area contributed by atoms with E-state index in [4.69, 9.17) is 29.2 Å². The van der Waals surface area contributed by atoms with Crippen LogP contribution in [-0.2, 0) is 28.2 Å². The minimum Gasteiger partial charge on any atom is -0.475 e. The summed E-state index contributed by atoms with van der Waals surface area (Å²) in [6.07, 6.45) is -4.20. The number of carboxylic acid groups (broad SMARTS) is 2. The molecule has 0 aliphatic carbocycles. The number of alkyl halides is 6. The molecule has 3 N–H and O–H groups in total. The smallest absolute Gasteiger partial charge is 0.475 e. The number of halogens is 6. The topological polar surface area (TPSA) is 121 Å². The third-order valence-corrected chi connectivity index (χ3v) is 6.31. The summed E-state index contributed by atoms with van der Waals surface area (Å²) in [5, 5.41) is 18.1. The molecule has 3 aromatic rings.